The van der Waals surface area contributed by atoms with Crippen LogP contribution in [-0.4, -0.2) is 36.1 Å². The molecule has 2 fully saturated rings. The van der Waals surface area contributed by atoms with Gasteiger partial charge in [-0.3, -0.25) is 4.79 Å². The standard InChI is InChI=1S/C15H20N2O2.ClH/c16-12-6-2-1-5-11(12)15(18)17-9-10-19-14-8-4-3-7-13(14)17;/h1-2,5-6,13-14H,3-4,7-10,16H2;1H. The number of amides is 1. The predicted octanol–water partition coefficient (Wildman–Crippen LogP) is 2.47. The Labute approximate surface area is 125 Å². The van der Waals surface area contributed by atoms with Crippen molar-refractivity contribution in [2.45, 2.75) is 37.8 Å². The molecule has 3 rings (SSSR count). The molecule has 0 aromatic heterocycles. The molecule has 0 radical (unpaired) electrons. The lowest BCUT2D eigenvalue weighted by Gasteiger charge is -2.43. The largest absolute Gasteiger partial charge is 0.398 e. The number of rotatable bonds is 1. The normalized spacial score (nSPS) is 25.5. The second-order valence-corrected chi connectivity index (χ2v) is 5.35. The highest BCUT2D eigenvalue weighted by atomic mass is 35.5. The number of nitrogens with zero attached hydrogens (tertiary/aromatic N) is 1. The van der Waals surface area contributed by atoms with Crippen molar-refractivity contribution >= 4 is 24.0 Å². The molecule has 2 unspecified atom stereocenters. The molecule has 2 atom stereocenters. The number of hydrogen-bond acceptors (Lipinski definition) is 3. The van der Waals surface area contributed by atoms with Gasteiger partial charge in [-0.05, 0) is 25.0 Å². The number of nitrogens with two attached hydrogens (primary N) is 1. The van der Waals surface area contributed by atoms with E-state index in [-0.39, 0.29) is 30.5 Å². The van der Waals surface area contributed by atoms with Crippen molar-refractivity contribution in [2.24, 2.45) is 0 Å². The molecular weight excluding hydrogens is 276 g/mol. The Bertz CT molecular complexity index is 479. The van der Waals surface area contributed by atoms with Crippen LogP contribution in [0.5, 0.6) is 0 Å². The molecule has 0 spiro atoms. The summed E-state index contributed by atoms with van der Waals surface area (Å²) >= 11 is 0. The molecule has 5 heteroatoms. The monoisotopic (exact) mass is 296 g/mol. The van der Waals surface area contributed by atoms with Crippen molar-refractivity contribution < 1.29 is 9.53 Å². The summed E-state index contributed by atoms with van der Waals surface area (Å²) in [5.74, 6) is 0.0540. The summed E-state index contributed by atoms with van der Waals surface area (Å²) in [7, 11) is 0. The molecule has 4 nitrogen and oxygen atoms in total. The Morgan fingerprint density at radius 1 is 1.25 bits per heavy atom. The Morgan fingerprint density at radius 2 is 2.00 bits per heavy atom. The van der Waals surface area contributed by atoms with Crippen LogP contribution in [-0.2, 0) is 4.74 Å². The van der Waals surface area contributed by atoms with E-state index in [1.54, 1.807) is 6.07 Å². The van der Waals surface area contributed by atoms with Gasteiger partial charge < -0.3 is 15.4 Å². The molecular formula is C15H21ClN2O2. The maximum absolute atomic E-state index is 12.7. The van der Waals surface area contributed by atoms with Gasteiger partial charge in [0.1, 0.15) is 0 Å². The fourth-order valence-corrected chi connectivity index (χ4v) is 3.20. The van der Waals surface area contributed by atoms with E-state index in [1.807, 2.05) is 23.1 Å². The number of anilines is 1. The van der Waals surface area contributed by atoms with Crippen LogP contribution in [0.2, 0.25) is 0 Å². The van der Waals surface area contributed by atoms with Crippen LogP contribution >= 0.6 is 12.4 Å². The van der Waals surface area contributed by atoms with Crippen molar-refractivity contribution in [1.29, 1.82) is 0 Å². The van der Waals surface area contributed by atoms with E-state index in [2.05, 4.69) is 0 Å². The van der Waals surface area contributed by atoms with Crippen LogP contribution in [0.3, 0.4) is 0 Å². The third kappa shape index (κ3) is 2.76. The summed E-state index contributed by atoms with van der Waals surface area (Å²) in [5.41, 5.74) is 7.10. The summed E-state index contributed by atoms with van der Waals surface area (Å²) in [5, 5.41) is 0. The quantitative estimate of drug-likeness (QED) is 0.810. The van der Waals surface area contributed by atoms with Gasteiger partial charge in [-0.2, -0.15) is 0 Å². The van der Waals surface area contributed by atoms with Crippen molar-refractivity contribution in [3.8, 4) is 0 Å². The molecule has 20 heavy (non-hydrogen) atoms. The van der Waals surface area contributed by atoms with Crippen LogP contribution in [0.1, 0.15) is 36.0 Å². The fourth-order valence-electron chi connectivity index (χ4n) is 3.20. The van der Waals surface area contributed by atoms with Gasteiger partial charge >= 0.3 is 0 Å². The second-order valence-electron chi connectivity index (χ2n) is 5.35. The SMILES string of the molecule is Cl.Nc1ccccc1C(=O)N1CCOC2CCCCC21. The van der Waals surface area contributed by atoms with Crippen molar-refractivity contribution in [3.63, 3.8) is 0 Å². The third-order valence-corrected chi connectivity index (χ3v) is 4.18. The molecule has 1 aromatic rings. The maximum atomic E-state index is 12.7. The smallest absolute Gasteiger partial charge is 0.256 e. The van der Waals surface area contributed by atoms with Crippen LogP contribution in [0.4, 0.5) is 5.69 Å². The first-order valence-electron chi connectivity index (χ1n) is 7.04. The number of carbonyl (C=O) groups is 1. The summed E-state index contributed by atoms with van der Waals surface area (Å²) in [6, 6.07) is 7.54. The fraction of sp³-hybridized carbons (Fsp3) is 0.533. The number of ether oxygens (including phenoxy) is 1. The highest BCUT2D eigenvalue weighted by Crippen LogP contribution is 2.30. The van der Waals surface area contributed by atoms with E-state index in [1.165, 1.54) is 12.8 Å². The lowest BCUT2D eigenvalue weighted by Crippen LogP contribution is -2.54. The van der Waals surface area contributed by atoms with Gasteiger partial charge in [-0.25, -0.2) is 0 Å². The van der Waals surface area contributed by atoms with Gasteiger partial charge in [0.05, 0.1) is 24.3 Å². The highest BCUT2D eigenvalue weighted by molar-refractivity contribution is 5.99. The third-order valence-electron chi connectivity index (χ3n) is 4.18. The van der Waals surface area contributed by atoms with E-state index in [9.17, 15) is 4.79 Å². The molecule has 110 valence electrons. The van der Waals surface area contributed by atoms with Gasteiger partial charge in [0.25, 0.3) is 5.91 Å². The molecule has 1 heterocycles. The van der Waals surface area contributed by atoms with Crippen molar-refractivity contribution in [2.75, 3.05) is 18.9 Å². The predicted molar refractivity (Wildman–Crippen MR) is 81.1 cm³/mol. The van der Waals surface area contributed by atoms with Gasteiger partial charge in [0.15, 0.2) is 0 Å². The number of benzene rings is 1. The molecule has 1 aliphatic carbocycles. The molecule has 1 saturated heterocycles. The molecule has 1 aliphatic heterocycles. The zero-order chi connectivity index (χ0) is 13.2. The summed E-state index contributed by atoms with van der Waals surface area (Å²) in [6.45, 7) is 1.31. The first-order chi connectivity index (χ1) is 9.27. The number of morpholine rings is 1. The lowest BCUT2D eigenvalue weighted by atomic mass is 9.89. The van der Waals surface area contributed by atoms with E-state index >= 15 is 0 Å². The van der Waals surface area contributed by atoms with Gasteiger partial charge in [0.2, 0.25) is 0 Å². The number of halogens is 1. The zero-order valence-corrected chi connectivity index (χ0v) is 12.3. The summed E-state index contributed by atoms with van der Waals surface area (Å²) in [4.78, 5) is 14.6. The Balaban J connectivity index is 0.00000147. The topological polar surface area (TPSA) is 55.6 Å². The average Bonchev–Trinajstić information content (AvgIpc) is 2.46. The zero-order valence-electron chi connectivity index (χ0n) is 11.5. The Hall–Kier alpha value is -1.26. The van der Waals surface area contributed by atoms with Crippen LogP contribution in [0, 0.1) is 0 Å². The average molecular weight is 297 g/mol. The molecule has 2 N–H and O–H groups in total. The van der Waals surface area contributed by atoms with Gasteiger partial charge in [-0.15, -0.1) is 12.4 Å². The Kier molecular flexibility index (Phi) is 4.89. The molecule has 2 aliphatic rings. The first-order valence-corrected chi connectivity index (χ1v) is 7.04. The first kappa shape index (κ1) is 15.1. The maximum Gasteiger partial charge on any atom is 0.256 e. The van der Waals surface area contributed by atoms with Crippen LogP contribution < -0.4 is 5.73 Å². The van der Waals surface area contributed by atoms with Crippen molar-refractivity contribution in [3.05, 3.63) is 29.8 Å². The van der Waals surface area contributed by atoms with Crippen LogP contribution in [0.25, 0.3) is 0 Å². The van der Waals surface area contributed by atoms with Crippen LogP contribution in [0.15, 0.2) is 24.3 Å². The molecule has 1 amide bonds. The molecule has 0 bridgehead atoms. The molecule has 1 aromatic carbocycles. The molecule has 1 saturated carbocycles. The van der Waals surface area contributed by atoms with Gasteiger partial charge in [0, 0.05) is 12.2 Å². The summed E-state index contributed by atoms with van der Waals surface area (Å²) in [6.07, 6.45) is 4.72. The highest BCUT2D eigenvalue weighted by Gasteiger charge is 2.37. The minimum Gasteiger partial charge on any atom is -0.398 e. The minimum atomic E-state index is 0. The second kappa shape index (κ2) is 6.46. The van der Waals surface area contributed by atoms with E-state index in [0.717, 1.165) is 12.8 Å². The Morgan fingerprint density at radius 3 is 2.80 bits per heavy atom. The summed E-state index contributed by atoms with van der Waals surface area (Å²) < 4.78 is 5.80. The van der Waals surface area contributed by atoms with Crippen molar-refractivity contribution in [1.82, 2.24) is 4.90 Å². The number of fused-ring (bicyclic) bond motifs is 1. The number of nitrogen functional groups attached to an aromatic ring is 1. The number of hydrogen-bond donors (Lipinski definition) is 1. The van der Waals surface area contributed by atoms with E-state index in [4.69, 9.17) is 10.5 Å². The van der Waals surface area contributed by atoms with E-state index < -0.39 is 0 Å². The van der Waals surface area contributed by atoms with Gasteiger partial charge in [-0.1, -0.05) is 25.0 Å². The number of para-hydroxylation sites is 1. The van der Waals surface area contributed by atoms with E-state index in [0.29, 0.717) is 24.4 Å². The minimum absolute atomic E-state index is 0. The lowest BCUT2D eigenvalue weighted by molar-refractivity contribution is -0.0752. The number of carbonyl (C=O) groups excluding carboxylic acids is 1.